The van der Waals surface area contributed by atoms with Crippen LogP contribution in [0.15, 0.2) is 36.4 Å². The molecule has 2 heterocycles. The molecule has 154 valence electrons. The molecule has 29 heavy (non-hydrogen) atoms. The second-order valence-electron chi connectivity index (χ2n) is 6.82. The zero-order valence-electron chi connectivity index (χ0n) is 16.5. The Kier molecular flexibility index (Phi) is 8.31. The summed E-state index contributed by atoms with van der Waals surface area (Å²) in [4.78, 5) is 2.50. The number of anilines is 2. The van der Waals surface area contributed by atoms with Gasteiger partial charge in [-0.25, -0.2) is 0 Å². The van der Waals surface area contributed by atoms with Crippen molar-refractivity contribution in [3.8, 4) is 18.1 Å². The van der Waals surface area contributed by atoms with E-state index in [-0.39, 0.29) is 0 Å². The molecule has 0 amide bonds. The smallest absolute Gasteiger partial charge is 0.233 e. The Bertz CT molecular complexity index is 840. The maximum absolute atomic E-state index is 11.4. The van der Waals surface area contributed by atoms with Gasteiger partial charge in [0.2, 0.25) is 11.6 Å². The third-order valence-corrected chi connectivity index (χ3v) is 5.25. The van der Waals surface area contributed by atoms with Gasteiger partial charge >= 0.3 is 0 Å². The molecule has 1 aliphatic rings. The summed E-state index contributed by atoms with van der Waals surface area (Å²) in [6.45, 7) is 4.65. The van der Waals surface area contributed by atoms with Gasteiger partial charge in [0, 0.05) is 21.8 Å². The molecular formula is C21H27N5O2S. The first-order chi connectivity index (χ1) is 14.2. The van der Waals surface area contributed by atoms with E-state index in [1.165, 1.54) is 37.9 Å². The molecule has 1 atom stereocenters. The average Bonchev–Trinajstić information content (AvgIpc) is 3.09. The molecular weight excluding hydrogens is 386 g/mol. The maximum Gasteiger partial charge on any atom is 0.233 e. The van der Waals surface area contributed by atoms with Crippen molar-refractivity contribution in [3.63, 3.8) is 0 Å². The van der Waals surface area contributed by atoms with Crippen LogP contribution in [0.2, 0.25) is 0 Å². The molecule has 7 nitrogen and oxygen atoms in total. The minimum Gasteiger partial charge on any atom is -0.546 e. The van der Waals surface area contributed by atoms with Crippen LogP contribution in [-0.2, 0) is 6.54 Å². The minimum absolute atomic E-state index is 0.303. The van der Waals surface area contributed by atoms with E-state index in [9.17, 15) is 4.55 Å². The van der Waals surface area contributed by atoms with Crippen molar-refractivity contribution in [2.24, 2.45) is 0 Å². The first kappa shape index (κ1) is 21.1. The molecule has 0 spiro atoms. The molecule has 1 aromatic heterocycles. The van der Waals surface area contributed by atoms with E-state index in [1.54, 1.807) is 0 Å². The maximum atomic E-state index is 11.4. The molecule has 0 radical (unpaired) electrons. The van der Waals surface area contributed by atoms with E-state index in [4.69, 9.17) is 11.2 Å². The Labute approximate surface area is 175 Å². The zero-order chi connectivity index (χ0) is 20.3. The van der Waals surface area contributed by atoms with Crippen LogP contribution in [0.4, 0.5) is 11.6 Å². The van der Waals surface area contributed by atoms with Crippen molar-refractivity contribution in [1.29, 1.82) is 0 Å². The van der Waals surface area contributed by atoms with Crippen LogP contribution in [0.5, 0.6) is 5.75 Å². The summed E-state index contributed by atoms with van der Waals surface area (Å²) in [5.41, 5.74) is 1.29. The molecule has 1 unspecified atom stereocenters. The van der Waals surface area contributed by atoms with E-state index >= 15 is 0 Å². The molecule has 1 saturated heterocycles. The summed E-state index contributed by atoms with van der Waals surface area (Å²) >= 11 is -1.60. The summed E-state index contributed by atoms with van der Waals surface area (Å²) in [5, 5.41) is 5.97. The van der Waals surface area contributed by atoms with Gasteiger partial charge in [-0.1, -0.05) is 30.6 Å². The number of hydrogen-bond acceptors (Lipinski definition) is 7. The van der Waals surface area contributed by atoms with Crippen molar-refractivity contribution in [2.45, 2.75) is 25.8 Å². The number of nitrogens with one attached hydrogen (secondary N) is 2. The molecule has 0 aliphatic carbocycles. The van der Waals surface area contributed by atoms with E-state index in [2.05, 4.69) is 42.3 Å². The first-order valence-corrected chi connectivity index (χ1v) is 10.9. The third kappa shape index (κ3) is 7.06. The fraction of sp³-hybridized carbons (Fsp3) is 0.429. The van der Waals surface area contributed by atoms with E-state index in [0.29, 0.717) is 31.3 Å². The van der Waals surface area contributed by atoms with Gasteiger partial charge in [-0.2, -0.15) is 0 Å². The van der Waals surface area contributed by atoms with E-state index in [1.807, 2.05) is 24.3 Å². The number of rotatable bonds is 10. The van der Waals surface area contributed by atoms with E-state index < -0.39 is 11.1 Å². The number of aromatic nitrogens is 2. The molecule has 1 aromatic carbocycles. The molecule has 3 rings (SSSR count). The van der Waals surface area contributed by atoms with Gasteiger partial charge in [-0.15, -0.1) is 6.42 Å². The average molecular weight is 414 g/mol. The number of likely N-dealkylation sites (tertiary alicyclic amines) is 1. The number of nitrogens with zero attached hydrogens (tertiary/aromatic N) is 3. The van der Waals surface area contributed by atoms with Crippen LogP contribution in [0, 0.1) is 12.3 Å². The van der Waals surface area contributed by atoms with Crippen molar-refractivity contribution >= 4 is 22.8 Å². The van der Waals surface area contributed by atoms with Crippen molar-refractivity contribution in [2.75, 3.05) is 43.4 Å². The number of terminal acetylenes is 1. The second kappa shape index (κ2) is 11.4. The summed E-state index contributed by atoms with van der Waals surface area (Å²) in [6, 6.07) is 8.29. The number of piperidine rings is 1. The van der Waals surface area contributed by atoms with Crippen molar-refractivity contribution in [1.82, 2.24) is 13.6 Å². The van der Waals surface area contributed by atoms with Gasteiger partial charge in [0.15, 0.2) is 11.1 Å². The van der Waals surface area contributed by atoms with Gasteiger partial charge in [0.05, 0.1) is 6.54 Å². The number of benzene rings is 1. The Hall–Kier alpha value is -2.60. The van der Waals surface area contributed by atoms with Crippen LogP contribution < -0.4 is 15.4 Å². The lowest BCUT2D eigenvalue weighted by Crippen LogP contribution is -2.29. The lowest BCUT2D eigenvalue weighted by molar-refractivity contribution is 0.220. The molecule has 2 aromatic rings. The van der Waals surface area contributed by atoms with Gasteiger partial charge < -0.3 is 19.9 Å². The van der Waals surface area contributed by atoms with Crippen LogP contribution in [-0.4, -0.2) is 51.0 Å². The van der Waals surface area contributed by atoms with Crippen LogP contribution in [0.1, 0.15) is 24.8 Å². The van der Waals surface area contributed by atoms with Gasteiger partial charge in [0.1, 0.15) is 12.4 Å². The second-order valence-corrected chi connectivity index (χ2v) is 7.64. The quantitative estimate of drug-likeness (QED) is 0.351. The normalized spacial score (nSPS) is 15.2. The van der Waals surface area contributed by atoms with Crippen LogP contribution >= 0.6 is 11.1 Å². The fourth-order valence-corrected chi connectivity index (χ4v) is 3.85. The lowest BCUT2D eigenvalue weighted by atomic mass is 10.1. The Morgan fingerprint density at radius 3 is 2.76 bits per heavy atom. The van der Waals surface area contributed by atoms with Crippen molar-refractivity contribution < 1.29 is 9.29 Å². The van der Waals surface area contributed by atoms with E-state index in [0.717, 1.165) is 12.3 Å². The topological polar surface area (TPSA) is 85.4 Å². The number of hydrogen-bond donors (Lipinski definition) is 2. The van der Waals surface area contributed by atoms with Crippen LogP contribution in [0.3, 0.4) is 0 Å². The molecule has 2 N–H and O–H groups in total. The summed E-state index contributed by atoms with van der Waals surface area (Å²) in [6.07, 6.45) is 13.0. The fourth-order valence-electron chi connectivity index (χ4n) is 3.19. The third-order valence-electron chi connectivity index (χ3n) is 4.57. The predicted octanol–water partition coefficient (Wildman–Crippen LogP) is 3.28. The molecule has 8 heteroatoms. The van der Waals surface area contributed by atoms with Gasteiger partial charge in [-0.3, -0.25) is 4.90 Å². The highest BCUT2D eigenvalue weighted by Crippen LogP contribution is 2.22. The molecule has 0 bridgehead atoms. The summed E-state index contributed by atoms with van der Waals surface area (Å²) < 4.78 is 25.1. The largest absolute Gasteiger partial charge is 0.546 e. The highest BCUT2D eigenvalue weighted by Gasteiger charge is 2.14. The van der Waals surface area contributed by atoms with Gasteiger partial charge in [0.25, 0.3) is 0 Å². The standard InChI is InChI=1S/C21H27N5O2S/c1-2-11-22-20-21(25-29(27)24-20)23-12-4-7-15-28-19-10-8-9-18(16-19)17-26-13-5-3-6-14-26/h1,4,7-10,16H,3,5-6,11-15,17H2,(H,22,24)(H,23,25). The summed E-state index contributed by atoms with van der Waals surface area (Å²) in [5.74, 6) is 4.21. The minimum atomic E-state index is -1.60. The molecule has 1 aliphatic heterocycles. The summed E-state index contributed by atoms with van der Waals surface area (Å²) in [7, 11) is 0. The molecule has 0 saturated carbocycles. The van der Waals surface area contributed by atoms with Crippen LogP contribution in [0.25, 0.3) is 0 Å². The first-order valence-electron chi connectivity index (χ1n) is 9.84. The van der Waals surface area contributed by atoms with Crippen molar-refractivity contribution in [3.05, 3.63) is 42.0 Å². The number of ether oxygens (including phenoxy) is 1. The zero-order valence-corrected chi connectivity index (χ0v) is 17.3. The van der Waals surface area contributed by atoms with Gasteiger partial charge in [-0.05, 0) is 49.7 Å². The monoisotopic (exact) mass is 413 g/mol. The Morgan fingerprint density at radius 1 is 1.17 bits per heavy atom. The highest BCUT2D eigenvalue weighted by atomic mass is 32.2. The Morgan fingerprint density at radius 2 is 1.97 bits per heavy atom. The lowest BCUT2D eigenvalue weighted by Gasteiger charge is -2.26. The SMILES string of the molecule is C#CCNc1n[s+]([O-])nc1NCC=CCOc1cccc(CN2CCCCC2)c1. The molecule has 1 fully saturated rings. The highest BCUT2D eigenvalue weighted by molar-refractivity contribution is 7.14. The Balaban J connectivity index is 1.40. The predicted molar refractivity (Wildman–Crippen MR) is 117 cm³/mol.